The topological polar surface area (TPSA) is 52.7 Å². The molecule has 126 valence electrons. The molecule has 2 rings (SSSR count). The third-order valence-corrected chi connectivity index (χ3v) is 4.70. The lowest BCUT2D eigenvalue weighted by Crippen LogP contribution is -2.43. The van der Waals surface area contributed by atoms with Gasteiger partial charge in [0.05, 0.1) is 6.54 Å². The predicted molar refractivity (Wildman–Crippen MR) is 92.7 cm³/mol. The largest absolute Gasteiger partial charge is 0.349 e. The molecule has 0 aliphatic carbocycles. The van der Waals surface area contributed by atoms with Gasteiger partial charge in [0.1, 0.15) is 0 Å². The Kier molecular flexibility index (Phi) is 6.02. The molecule has 1 heterocycles. The van der Waals surface area contributed by atoms with Crippen LogP contribution in [0.15, 0.2) is 18.2 Å². The monoisotopic (exact) mass is 337 g/mol. The highest BCUT2D eigenvalue weighted by Crippen LogP contribution is 2.23. The second-order valence-corrected chi connectivity index (χ2v) is 6.65. The number of hydrogen-bond acceptors (Lipinski definition) is 3. The molecule has 0 bridgehead atoms. The molecule has 6 heteroatoms. The van der Waals surface area contributed by atoms with Gasteiger partial charge in [0, 0.05) is 30.7 Å². The number of nitrogens with zero attached hydrogens (tertiary/aromatic N) is 2. The number of benzene rings is 1. The lowest BCUT2D eigenvalue weighted by atomic mass is 9.95. The van der Waals surface area contributed by atoms with E-state index in [1.54, 1.807) is 25.1 Å². The number of likely N-dealkylation sites (tertiary alicyclic amines) is 1. The van der Waals surface area contributed by atoms with Gasteiger partial charge in [-0.2, -0.15) is 0 Å². The van der Waals surface area contributed by atoms with E-state index in [9.17, 15) is 9.59 Å². The number of anilines is 1. The number of carbonyl (C=O) groups excluding carboxylic acids is 2. The molecular weight excluding hydrogens is 314 g/mol. The summed E-state index contributed by atoms with van der Waals surface area (Å²) >= 11 is 6.06. The summed E-state index contributed by atoms with van der Waals surface area (Å²) in [7, 11) is 3.57. The van der Waals surface area contributed by atoms with E-state index in [-0.39, 0.29) is 17.7 Å². The van der Waals surface area contributed by atoms with Crippen LogP contribution in [0.3, 0.4) is 0 Å². The number of rotatable bonds is 4. The molecule has 1 aliphatic rings. The molecular formula is C17H24ClN3O2. The van der Waals surface area contributed by atoms with Crippen LogP contribution in [0.2, 0.25) is 5.02 Å². The third-order valence-electron chi connectivity index (χ3n) is 4.29. The van der Waals surface area contributed by atoms with Gasteiger partial charge in [-0.3, -0.25) is 14.5 Å². The molecule has 1 aliphatic heterocycles. The Morgan fingerprint density at radius 3 is 2.57 bits per heavy atom. The van der Waals surface area contributed by atoms with Crippen molar-refractivity contribution in [3.63, 3.8) is 0 Å². The van der Waals surface area contributed by atoms with Crippen molar-refractivity contribution in [2.24, 2.45) is 5.92 Å². The Morgan fingerprint density at radius 1 is 1.30 bits per heavy atom. The molecule has 0 atom stereocenters. The van der Waals surface area contributed by atoms with Gasteiger partial charge in [0.2, 0.25) is 11.8 Å². The maximum atomic E-state index is 12.2. The van der Waals surface area contributed by atoms with Crippen LogP contribution in [-0.2, 0) is 9.59 Å². The second kappa shape index (κ2) is 7.79. The maximum Gasteiger partial charge on any atom is 0.238 e. The summed E-state index contributed by atoms with van der Waals surface area (Å²) < 4.78 is 0. The fraction of sp³-hybridized carbons (Fsp3) is 0.529. The zero-order valence-corrected chi connectivity index (χ0v) is 14.7. The first-order valence-corrected chi connectivity index (χ1v) is 8.24. The number of amides is 2. The zero-order valence-electron chi connectivity index (χ0n) is 13.9. The highest BCUT2D eigenvalue weighted by Gasteiger charge is 2.26. The summed E-state index contributed by atoms with van der Waals surface area (Å²) in [5, 5.41) is 3.55. The van der Waals surface area contributed by atoms with E-state index in [1.165, 1.54) is 0 Å². The average Bonchev–Trinajstić information content (AvgIpc) is 2.52. The van der Waals surface area contributed by atoms with Crippen molar-refractivity contribution in [3.8, 4) is 0 Å². The van der Waals surface area contributed by atoms with Gasteiger partial charge >= 0.3 is 0 Å². The van der Waals surface area contributed by atoms with Crippen LogP contribution in [0.5, 0.6) is 0 Å². The van der Waals surface area contributed by atoms with Gasteiger partial charge in [0.15, 0.2) is 0 Å². The first kappa shape index (κ1) is 17.8. The first-order chi connectivity index (χ1) is 10.9. The normalized spacial score (nSPS) is 16.2. The van der Waals surface area contributed by atoms with Crippen LogP contribution >= 0.6 is 11.6 Å². The van der Waals surface area contributed by atoms with Crippen molar-refractivity contribution in [3.05, 3.63) is 28.8 Å². The number of halogens is 1. The number of nitrogens with one attached hydrogen (secondary N) is 1. The molecule has 0 radical (unpaired) electrons. The second-order valence-electron chi connectivity index (χ2n) is 6.24. The fourth-order valence-corrected chi connectivity index (χ4v) is 3.01. The fourth-order valence-electron chi connectivity index (χ4n) is 2.84. The van der Waals surface area contributed by atoms with Crippen LogP contribution in [0.1, 0.15) is 18.4 Å². The smallest absolute Gasteiger partial charge is 0.238 e. The molecule has 1 N–H and O–H groups in total. The summed E-state index contributed by atoms with van der Waals surface area (Å²) in [6, 6.07) is 5.48. The standard InChI is InChI=1S/C17H24ClN3O2/c1-12-14(18)5-4-6-15(12)19-16(22)11-21-9-7-13(8-10-21)17(23)20(2)3/h4-6,13H,7-11H2,1-3H3,(H,19,22). The SMILES string of the molecule is Cc1c(Cl)cccc1NC(=O)CN1CCC(C(=O)N(C)C)CC1. The summed E-state index contributed by atoms with van der Waals surface area (Å²) in [6.07, 6.45) is 1.61. The molecule has 23 heavy (non-hydrogen) atoms. The van der Waals surface area contributed by atoms with Gasteiger partial charge in [-0.05, 0) is 50.6 Å². The van der Waals surface area contributed by atoms with Crippen LogP contribution in [0.25, 0.3) is 0 Å². The molecule has 1 saturated heterocycles. The van der Waals surface area contributed by atoms with Crippen molar-refractivity contribution < 1.29 is 9.59 Å². The maximum absolute atomic E-state index is 12.2. The third kappa shape index (κ3) is 4.69. The Bertz CT molecular complexity index is 581. The zero-order chi connectivity index (χ0) is 17.0. The molecule has 0 aromatic heterocycles. The van der Waals surface area contributed by atoms with Crippen molar-refractivity contribution in [1.82, 2.24) is 9.80 Å². The van der Waals surface area contributed by atoms with E-state index in [1.807, 2.05) is 19.1 Å². The Balaban J connectivity index is 1.83. The van der Waals surface area contributed by atoms with Crippen molar-refractivity contribution in [2.75, 3.05) is 39.0 Å². The summed E-state index contributed by atoms with van der Waals surface area (Å²) in [5.41, 5.74) is 1.62. The van der Waals surface area contributed by atoms with Crippen LogP contribution < -0.4 is 5.32 Å². The van der Waals surface area contributed by atoms with Gasteiger partial charge in [0.25, 0.3) is 0 Å². The van der Waals surface area contributed by atoms with Crippen LogP contribution in [-0.4, -0.2) is 55.3 Å². The van der Waals surface area contributed by atoms with E-state index >= 15 is 0 Å². The van der Waals surface area contributed by atoms with Crippen LogP contribution in [0.4, 0.5) is 5.69 Å². The van der Waals surface area contributed by atoms with Gasteiger partial charge in [-0.1, -0.05) is 17.7 Å². The van der Waals surface area contributed by atoms with E-state index in [2.05, 4.69) is 10.2 Å². The quantitative estimate of drug-likeness (QED) is 0.917. The number of piperidine rings is 1. The average molecular weight is 338 g/mol. The van der Waals surface area contributed by atoms with Gasteiger partial charge < -0.3 is 10.2 Å². The minimum Gasteiger partial charge on any atom is -0.349 e. The lowest BCUT2D eigenvalue weighted by Gasteiger charge is -2.31. The number of hydrogen-bond donors (Lipinski definition) is 1. The van der Waals surface area contributed by atoms with Gasteiger partial charge in [-0.25, -0.2) is 0 Å². The summed E-state index contributed by atoms with van der Waals surface area (Å²) in [6.45, 7) is 3.77. The van der Waals surface area contributed by atoms with E-state index in [0.29, 0.717) is 11.6 Å². The van der Waals surface area contributed by atoms with Crippen molar-refractivity contribution in [1.29, 1.82) is 0 Å². The molecule has 5 nitrogen and oxygen atoms in total. The molecule has 1 aromatic rings. The lowest BCUT2D eigenvalue weighted by molar-refractivity contribution is -0.134. The Labute approximate surface area is 142 Å². The molecule has 0 spiro atoms. The molecule has 2 amide bonds. The minimum absolute atomic E-state index is 0.0484. The Hall–Kier alpha value is -1.59. The summed E-state index contributed by atoms with van der Waals surface area (Å²) in [4.78, 5) is 27.9. The Morgan fingerprint density at radius 2 is 1.96 bits per heavy atom. The minimum atomic E-state index is -0.0484. The highest BCUT2D eigenvalue weighted by atomic mass is 35.5. The summed E-state index contributed by atoms with van der Waals surface area (Å²) in [5.74, 6) is 0.218. The van der Waals surface area contributed by atoms with Crippen molar-refractivity contribution >= 4 is 29.1 Å². The molecule has 1 fully saturated rings. The molecule has 1 aromatic carbocycles. The van der Waals surface area contributed by atoms with Gasteiger partial charge in [-0.15, -0.1) is 0 Å². The van der Waals surface area contributed by atoms with E-state index in [4.69, 9.17) is 11.6 Å². The number of carbonyl (C=O) groups is 2. The van der Waals surface area contributed by atoms with E-state index in [0.717, 1.165) is 37.2 Å². The predicted octanol–water partition coefficient (Wildman–Crippen LogP) is 2.39. The first-order valence-electron chi connectivity index (χ1n) is 7.87. The van der Waals surface area contributed by atoms with Crippen LogP contribution in [0, 0.1) is 12.8 Å². The highest BCUT2D eigenvalue weighted by molar-refractivity contribution is 6.31. The molecule has 0 saturated carbocycles. The van der Waals surface area contributed by atoms with E-state index < -0.39 is 0 Å². The molecule has 0 unspecified atom stereocenters. The van der Waals surface area contributed by atoms with Crippen molar-refractivity contribution in [2.45, 2.75) is 19.8 Å².